The molecule has 5 aromatic rings. The van der Waals surface area contributed by atoms with Crippen molar-refractivity contribution in [1.82, 2.24) is 0 Å². The van der Waals surface area contributed by atoms with Crippen LogP contribution in [0.5, 0.6) is 23.0 Å². The van der Waals surface area contributed by atoms with Crippen molar-refractivity contribution in [3.05, 3.63) is 131 Å². The Bertz CT molecular complexity index is 1640. The number of rotatable bonds is 1. The lowest BCUT2D eigenvalue weighted by molar-refractivity contribution is 0.0222. The maximum absolute atomic E-state index is 12.8. The van der Waals surface area contributed by atoms with Gasteiger partial charge in [0.15, 0.2) is 5.60 Å². The van der Waals surface area contributed by atoms with E-state index in [0.717, 1.165) is 0 Å². The van der Waals surface area contributed by atoms with Crippen molar-refractivity contribution >= 4 is 22.7 Å². The van der Waals surface area contributed by atoms with Gasteiger partial charge < -0.3 is 24.8 Å². The quantitative estimate of drug-likeness (QED) is 0.233. The van der Waals surface area contributed by atoms with Gasteiger partial charge in [0.25, 0.3) is 0 Å². The number of fused-ring (bicyclic) bond motifs is 7. The van der Waals surface area contributed by atoms with E-state index in [1.165, 1.54) is 41.1 Å². The minimum Gasteiger partial charge on any atom is -0.508 e. The molecule has 7 heteroatoms. The first-order valence-corrected chi connectivity index (χ1v) is 11.8. The average Bonchev–Trinajstić information content (AvgIpc) is 3.21. The Morgan fingerprint density at radius 1 is 0.658 bits per heavy atom. The van der Waals surface area contributed by atoms with Crippen molar-refractivity contribution in [2.24, 2.45) is 0 Å². The summed E-state index contributed by atoms with van der Waals surface area (Å²) in [6.07, 6.45) is 0. The lowest BCUT2D eigenvalue weighted by Crippen LogP contribution is -2.32. The molecule has 0 unspecified atom stereocenters. The van der Waals surface area contributed by atoms with Crippen LogP contribution in [0.2, 0.25) is 0 Å². The first-order chi connectivity index (χ1) is 18.4. The average molecular weight is 504 g/mol. The van der Waals surface area contributed by atoms with Crippen LogP contribution in [0.4, 0.5) is 0 Å². The number of carboxylic acids is 1. The molecule has 2 aliphatic rings. The molecule has 38 heavy (non-hydrogen) atoms. The second kappa shape index (κ2) is 8.67. The fraction of sp³-hybridized carbons (Fsp3) is 0.0323. The van der Waals surface area contributed by atoms with Crippen LogP contribution in [0.25, 0.3) is 10.8 Å². The van der Waals surface area contributed by atoms with E-state index in [1.807, 2.05) is 0 Å². The Morgan fingerprint density at radius 3 is 1.68 bits per heavy atom. The zero-order valence-corrected chi connectivity index (χ0v) is 19.8. The van der Waals surface area contributed by atoms with Gasteiger partial charge in [-0.2, -0.15) is 0 Å². The van der Waals surface area contributed by atoms with E-state index in [2.05, 4.69) is 48.5 Å². The van der Waals surface area contributed by atoms with Gasteiger partial charge in [-0.25, -0.2) is 9.59 Å². The van der Waals surface area contributed by atoms with Crippen molar-refractivity contribution < 1.29 is 34.4 Å². The maximum Gasteiger partial charge on any atom is 0.341 e. The molecule has 1 spiro atoms. The van der Waals surface area contributed by atoms with Gasteiger partial charge in [0.2, 0.25) is 0 Å². The van der Waals surface area contributed by atoms with Crippen LogP contribution in [0.3, 0.4) is 0 Å². The molecule has 3 N–H and O–H groups in total. The third-order valence-corrected chi connectivity index (χ3v) is 6.69. The standard InChI is InChI=1S/C21H12O7.C10H8/c22-10-4-6-13-16(8-10)27-17-9-11(23)5-7-14(17)21(13)15-3-1-2-12(19(24)25)18(15)20(26)28-21;1-2-6-10-8-4-3-7-9(10)5-1/h1-9,22-23H,(H,24,25);1-8H. The number of benzene rings is 5. The molecular formula is C31H20O7. The first-order valence-electron chi connectivity index (χ1n) is 11.8. The minimum absolute atomic E-state index is 0.0325. The van der Waals surface area contributed by atoms with Gasteiger partial charge in [0.05, 0.1) is 11.1 Å². The number of aromatic hydroxyl groups is 2. The molecule has 2 heterocycles. The molecule has 0 aromatic heterocycles. The second-order valence-electron chi connectivity index (χ2n) is 8.91. The number of phenolic OH excluding ortho intramolecular Hbond substituents is 2. The topological polar surface area (TPSA) is 113 Å². The van der Waals surface area contributed by atoms with Crippen molar-refractivity contribution in [1.29, 1.82) is 0 Å². The van der Waals surface area contributed by atoms with Crippen LogP contribution in [0.15, 0.2) is 103 Å². The van der Waals surface area contributed by atoms with Gasteiger partial charge in [-0.05, 0) is 41.1 Å². The normalized spacial score (nSPS) is 13.8. The molecule has 0 aliphatic carbocycles. The Kier molecular flexibility index (Phi) is 5.28. The molecule has 186 valence electrons. The Morgan fingerprint density at radius 2 is 1.18 bits per heavy atom. The van der Waals surface area contributed by atoms with Crippen LogP contribution in [0, 0.1) is 0 Å². The summed E-state index contributed by atoms with van der Waals surface area (Å²) in [7, 11) is 0. The summed E-state index contributed by atoms with van der Waals surface area (Å²) in [4.78, 5) is 24.5. The van der Waals surface area contributed by atoms with Gasteiger partial charge in [0, 0.05) is 28.8 Å². The molecule has 0 atom stereocenters. The highest BCUT2D eigenvalue weighted by Crippen LogP contribution is 2.57. The number of carbonyl (C=O) groups is 2. The summed E-state index contributed by atoms with van der Waals surface area (Å²) in [6.45, 7) is 0. The summed E-state index contributed by atoms with van der Waals surface area (Å²) < 4.78 is 11.7. The molecule has 0 bridgehead atoms. The van der Waals surface area contributed by atoms with Gasteiger partial charge >= 0.3 is 11.9 Å². The predicted molar refractivity (Wildman–Crippen MR) is 139 cm³/mol. The van der Waals surface area contributed by atoms with Crippen LogP contribution in [-0.2, 0) is 10.3 Å². The van der Waals surface area contributed by atoms with E-state index in [9.17, 15) is 24.9 Å². The highest BCUT2D eigenvalue weighted by Gasteiger charge is 2.54. The summed E-state index contributed by atoms with van der Waals surface area (Å²) in [5, 5.41) is 31.9. The molecule has 7 rings (SSSR count). The molecule has 0 fully saturated rings. The molecule has 7 nitrogen and oxygen atoms in total. The van der Waals surface area contributed by atoms with Crippen LogP contribution in [-0.4, -0.2) is 27.3 Å². The van der Waals surface area contributed by atoms with Crippen molar-refractivity contribution in [3.8, 4) is 23.0 Å². The Labute approximate surface area is 216 Å². The molecular weight excluding hydrogens is 484 g/mol. The van der Waals surface area contributed by atoms with E-state index in [4.69, 9.17) is 9.47 Å². The highest BCUT2D eigenvalue weighted by atomic mass is 16.6. The highest BCUT2D eigenvalue weighted by molar-refractivity contribution is 6.06. The Balaban J connectivity index is 0.000000221. The monoisotopic (exact) mass is 504 g/mol. The Hall–Kier alpha value is -5.30. The number of hydrogen-bond acceptors (Lipinski definition) is 6. The van der Waals surface area contributed by atoms with Crippen LogP contribution in [0.1, 0.15) is 37.4 Å². The molecule has 0 radical (unpaired) electrons. The second-order valence-corrected chi connectivity index (χ2v) is 8.91. The van der Waals surface area contributed by atoms with Crippen molar-refractivity contribution in [2.45, 2.75) is 5.60 Å². The summed E-state index contributed by atoms with van der Waals surface area (Å²) >= 11 is 0. The van der Waals surface area contributed by atoms with E-state index in [-0.39, 0.29) is 34.1 Å². The number of esters is 1. The fourth-order valence-corrected chi connectivity index (χ4v) is 5.06. The van der Waals surface area contributed by atoms with Gasteiger partial charge in [-0.1, -0.05) is 60.7 Å². The summed E-state index contributed by atoms with van der Waals surface area (Å²) in [5.41, 5.74) is -0.403. The van der Waals surface area contributed by atoms with E-state index >= 15 is 0 Å². The molecule has 0 amide bonds. The number of aromatic carboxylic acids is 1. The predicted octanol–water partition coefficient (Wildman–Crippen LogP) is 6.20. The smallest absolute Gasteiger partial charge is 0.341 e. The zero-order valence-electron chi connectivity index (χ0n) is 19.8. The maximum atomic E-state index is 12.8. The molecule has 5 aromatic carbocycles. The molecule has 0 saturated heterocycles. The van der Waals surface area contributed by atoms with Crippen molar-refractivity contribution in [3.63, 3.8) is 0 Å². The SMILES string of the molecule is O=C(O)c1cccc2c1C(=O)OC21c2ccc(O)cc2Oc2cc(O)ccc21.c1ccc2ccccc2c1. The first kappa shape index (κ1) is 23.1. The molecule has 2 aliphatic heterocycles. The summed E-state index contributed by atoms with van der Waals surface area (Å²) in [6, 6.07) is 30.0. The van der Waals surface area contributed by atoms with Crippen LogP contribution < -0.4 is 4.74 Å². The zero-order chi connectivity index (χ0) is 26.4. The van der Waals surface area contributed by atoms with Crippen LogP contribution >= 0.6 is 0 Å². The van der Waals surface area contributed by atoms with Crippen molar-refractivity contribution in [2.75, 3.05) is 0 Å². The van der Waals surface area contributed by atoms with E-state index < -0.39 is 17.5 Å². The number of carbonyl (C=O) groups excluding carboxylic acids is 1. The third-order valence-electron chi connectivity index (χ3n) is 6.69. The van der Waals surface area contributed by atoms with E-state index in [1.54, 1.807) is 24.3 Å². The number of hydrogen-bond donors (Lipinski definition) is 3. The fourth-order valence-electron chi connectivity index (χ4n) is 5.06. The minimum atomic E-state index is -1.46. The largest absolute Gasteiger partial charge is 0.508 e. The number of carboxylic acid groups (broad SMARTS) is 1. The van der Waals surface area contributed by atoms with Gasteiger partial charge in [-0.3, -0.25) is 0 Å². The summed E-state index contributed by atoms with van der Waals surface area (Å²) in [5.74, 6) is -1.65. The lowest BCUT2D eigenvalue weighted by Gasteiger charge is -2.36. The number of ether oxygens (including phenoxy) is 2. The third kappa shape index (κ3) is 3.52. The molecule has 0 saturated carbocycles. The van der Waals surface area contributed by atoms with Gasteiger partial charge in [0.1, 0.15) is 23.0 Å². The van der Waals surface area contributed by atoms with Gasteiger partial charge in [-0.15, -0.1) is 0 Å². The number of phenols is 2. The lowest BCUT2D eigenvalue weighted by atomic mass is 9.77. The van der Waals surface area contributed by atoms with E-state index in [0.29, 0.717) is 16.7 Å².